The van der Waals surface area contributed by atoms with Crippen LogP contribution in [0, 0.1) is 0 Å². The Hall–Kier alpha value is -3.46. The molecule has 3 aromatic rings. The highest BCUT2D eigenvalue weighted by Crippen LogP contribution is 2.38. The zero-order chi connectivity index (χ0) is 24.2. The molecule has 2 aromatic carbocycles. The van der Waals surface area contributed by atoms with Crippen LogP contribution in [0.2, 0.25) is 0 Å². The molecule has 0 saturated carbocycles. The molecule has 0 radical (unpaired) electrons. The van der Waals surface area contributed by atoms with Gasteiger partial charge in [-0.1, -0.05) is 30.3 Å². The van der Waals surface area contributed by atoms with Crippen LogP contribution in [0.25, 0.3) is 22.1 Å². The van der Waals surface area contributed by atoms with E-state index in [0.29, 0.717) is 17.9 Å². The van der Waals surface area contributed by atoms with E-state index < -0.39 is 0 Å². The maximum Gasteiger partial charge on any atom is 0.277 e. The normalized spacial score (nSPS) is 17.0. The molecule has 1 aromatic heterocycles. The number of benzene rings is 2. The molecule has 2 aliphatic heterocycles. The Balaban J connectivity index is 1.43. The predicted molar refractivity (Wildman–Crippen MR) is 138 cm³/mol. The summed E-state index contributed by atoms with van der Waals surface area (Å²) < 4.78 is 11.6. The van der Waals surface area contributed by atoms with Gasteiger partial charge in [-0.05, 0) is 41.3 Å². The van der Waals surface area contributed by atoms with Crippen LogP contribution in [0.15, 0.2) is 60.0 Å². The highest BCUT2D eigenvalue weighted by Gasteiger charge is 2.33. The number of ether oxygens (including phenoxy) is 2. The second-order valence-corrected chi connectivity index (χ2v) is 9.37. The summed E-state index contributed by atoms with van der Waals surface area (Å²) in [6, 6.07) is 17.5. The zero-order valence-electron chi connectivity index (χ0n) is 19.5. The molecular formula is C27H27N3O4S. The lowest BCUT2D eigenvalue weighted by molar-refractivity contribution is -0.122. The predicted octanol–water partition coefficient (Wildman–Crippen LogP) is 4.06. The number of nitrogens with zero attached hydrogens (tertiary/aromatic N) is 2. The van der Waals surface area contributed by atoms with E-state index in [0.717, 1.165) is 60.2 Å². The van der Waals surface area contributed by atoms with E-state index in [1.54, 1.807) is 11.3 Å². The number of fused-ring (bicyclic) bond motifs is 1. The lowest BCUT2D eigenvalue weighted by Gasteiger charge is -2.26. The smallest absolute Gasteiger partial charge is 0.277 e. The van der Waals surface area contributed by atoms with Crippen molar-refractivity contribution in [3.05, 3.63) is 71.1 Å². The fourth-order valence-electron chi connectivity index (χ4n) is 4.31. The van der Waals surface area contributed by atoms with Gasteiger partial charge in [-0.2, -0.15) is 0 Å². The van der Waals surface area contributed by atoms with Crippen molar-refractivity contribution in [2.75, 3.05) is 44.5 Å². The van der Waals surface area contributed by atoms with E-state index in [-0.39, 0.29) is 11.8 Å². The van der Waals surface area contributed by atoms with Gasteiger partial charge in [-0.15, -0.1) is 11.3 Å². The van der Waals surface area contributed by atoms with Gasteiger partial charge < -0.3 is 9.47 Å². The third-order valence-corrected chi connectivity index (χ3v) is 6.91. The standard InChI is InChI=1S/C27H27N3O4S/c1-19(31)28-30-24-6-3-2-5-21(24)22(27(30)32)17-20-8-9-25(23(18-20)26-7-4-16-35-26)34-15-12-29-10-13-33-14-11-29/h2-9,16-18H,10-15H2,1H3,(H,28,31). The second-order valence-electron chi connectivity index (χ2n) is 8.42. The third kappa shape index (κ3) is 5.14. The van der Waals surface area contributed by atoms with E-state index in [2.05, 4.69) is 22.5 Å². The second kappa shape index (κ2) is 10.4. The third-order valence-electron chi connectivity index (χ3n) is 6.01. The largest absolute Gasteiger partial charge is 0.492 e. The fourth-order valence-corrected chi connectivity index (χ4v) is 5.06. The van der Waals surface area contributed by atoms with Crippen LogP contribution in [0.4, 0.5) is 5.69 Å². The summed E-state index contributed by atoms with van der Waals surface area (Å²) in [4.78, 5) is 28.3. The van der Waals surface area contributed by atoms with Crippen molar-refractivity contribution in [1.82, 2.24) is 10.3 Å². The van der Waals surface area contributed by atoms with Crippen molar-refractivity contribution in [3.8, 4) is 16.2 Å². The van der Waals surface area contributed by atoms with Crippen molar-refractivity contribution in [2.45, 2.75) is 6.92 Å². The first-order chi connectivity index (χ1) is 17.1. The lowest BCUT2D eigenvalue weighted by Crippen LogP contribution is -2.43. The van der Waals surface area contributed by atoms with Crippen LogP contribution >= 0.6 is 11.3 Å². The van der Waals surface area contributed by atoms with Gasteiger partial charge in [-0.3, -0.25) is 19.9 Å². The van der Waals surface area contributed by atoms with E-state index in [1.165, 1.54) is 11.9 Å². The fraction of sp³-hybridized carbons (Fsp3) is 0.259. The minimum absolute atomic E-state index is 0.259. The molecule has 2 amide bonds. The molecule has 0 bridgehead atoms. The Labute approximate surface area is 208 Å². The Morgan fingerprint density at radius 1 is 1.11 bits per heavy atom. The average molecular weight is 490 g/mol. The van der Waals surface area contributed by atoms with Crippen molar-refractivity contribution in [2.24, 2.45) is 0 Å². The molecule has 35 heavy (non-hydrogen) atoms. The summed E-state index contributed by atoms with van der Waals surface area (Å²) in [5.74, 6) is 0.263. The van der Waals surface area contributed by atoms with Crippen molar-refractivity contribution < 1.29 is 19.1 Å². The van der Waals surface area contributed by atoms with Crippen LogP contribution in [0.1, 0.15) is 18.1 Å². The number of para-hydroxylation sites is 1. The summed E-state index contributed by atoms with van der Waals surface area (Å²) in [5, 5.41) is 3.35. The highest BCUT2D eigenvalue weighted by atomic mass is 32.1. The molecule has 0 unspecified atom stereocenters. The summed E-state index contributed by atoms with van der Waals surface area (Å²) in [6.07, 6.45) is 1.87. The maximum absolute atomic E-state index is 13.2. The van der Waals surface area contributed by atoms with Crippen LogP contribution in [-0.2, 0) is 14.3 Å². The summed E-state index contributed by atoms with van der Waals surface area (Å²) in [6.45, 7) is 6.23. The van der Waals surface area contributed by atoms with Crippen LogP contribution < -0.4 is 15.2 Å². The first-order valence-electron chi connectivity index (χ1n) is 11.6. The molecule has 1 saturated heterocycles. The number of carbonyl (C=O) groups excluding carboxylic acids is 2. The minimum atomic E-state index is -0.298. The first kappa shape index (κ1) is 23.3. The molecule has 1 N–H and O–H groups in total. The molecule has 0 aliphatic carbocycles. The highest BCUT2D eigenvalue weighted by molar-refractivity contribution is 7.13. The van der Waals surface area contributed by atoms with Gasteiger partial charge in [0, 0.05) is 42.6 Å². The summed E-state index contributed by atoms with van der Waals surface area (Å²) in [5.41, 5.74) is 6.50. The topological polar surface area (TPSA) is 71.1 Å². The van der Waals surface area contributed by atoms with E-state index in [1.807, 2.05) is 53.9 Å². The van der Waals surface area contributed by atoms with Gasteiger partial charge in [0.15, 0.2) is 0 Å². The van der Waals surface area contributed by atoms with Gasteiger partial charge in [0.05, 0.1) is 24.5 Å². The molecule has 5 rings (SSSR count). The summed E-state index contributed by atoms with van der Waals surface area (Å²) in [7, 11) is 0. The number of nitrogens with one attached hydrogen (secondary N) is 1. The Morgan fingerprint density at radius 2 is 1.94 bits per heavy atom. The SMILES string of the molecule is CC(=O)NN1C(=O)C(=Cc2ccc(OCCN3CCOCC3)c(-c3cccs3)c2)c2ccccc21. The van der Waals surface area contributed by atoms with Crippen LogP contribution in [0.5, 0.6) is 5.75 Å². The Morgan fingerprint density at radius 3 is 2.71 bits per heavy atom. The first-order valence-corrected chi connectivity index (χ1v) is 12.5. The quantitative estimate of drug-likeness (QED) is 0.507. The maximum atomic E-state index is 13.2. The molecule has 3 heterocycles. The number of hydrazine groups is 1. The molecule has 1 fully saturated rings. The van der Waals surface area contributed by atoms with Gasteiger partial charge in [0.2, 0.25) is 5.91 Å². The number of anilines is 1. The number of carbonyl (C=O) groups is 2. The molecule has 180 valence electrons. The molecular weight excluding hydrogens is 462 g/mol. The van der Waals surface area contributed by atoms with Gasteiger partial charge in [0.1, 0.15) is 12.4 Å². The van der Waals surface area contributed by atoms with E-state index in [4.69, 9.17) is 9.47 Å². The molecule has 0 spiro atoms. The number of amides is 2. The van der Waals surface area contributed by atoms with Crippen LogP contribution in [0.3, 0.4) is 0 Å². The van der Waals surface area contributed by atoms with E-state index in [9.17, 15) is 9.59 Å². The number of hydrogen-bond donors (Lipinski definition) is 1. The van der Waals surface area contributed by atoms with Crippen molar-refractivity contribution >= 4 is 40.5 Å². The van der Waals surface area contributed by atoms with Crippen molar-refractivity contribution in [1.29, 1.82) is 0 Å². The van der Waals surface area contributed by atoms with E-state index >= 15 is 0 Å². The molecule has 8 heteroatoms. The average Bonchev–Trinajstić information content (AvgIpc) is 3.49. The molecule has 7 nitrogen and oxygen atoms in total. The minimum Gasteiger partial charge on any atom is -0.492 e. The lowest BCUT2D eigenvalue weighted by atomic mass is 10.0. The zero-order valence-corrected chi connectivity index (χ0v) is 20.3. The monoisotopic (exact) mass is 489 g/mol. The van der Waals surface area contributed by atoms with Crippen LogP contribution in [-0.4, -0.2) is 56.2 Å². The number of thiophene rings is 1. The number of morpholine rings is 1. The Bertz CT molecular complexity index is 1250. The van der Waals surface area contributed by atoms with Gasteiger partial charge in [0.25, 0.3) is 5.91 Å². The number of rotatable bonds is 7. The summed E-state index contributed by atoms with van der Waals surface area (Å²) >= 11 is 1.65. The van der Waals surface area contributed by atoms with Gasteiger partial charge in [-0.25, -0.2) is 5.01 Å². The molecule has 2 aliphatic rings. The number of hydrogen-bond acceptors (Lipinski definition) is 6. The molecule has 0 atom stereocenters. The Kier molecular flexibility index (Phi) is 6.94. The van der Waals surface area contributed by atoms with Crippen molar-refractivity contribution in [3.63, 3.8) is 0 Å². The van der Waals surface area contributed by atoms with Gasteiger partial charge >= 0.3 is 0 Å².